The van der Waals surface area contributed by atoms with Gasteiger partial charge in [0.1, 0.15) is 0 Å². The molecule has 5 heteroatoms. The van der Waals surface area contributed by atoms with Crippen molar-refractivity contribution in [2.24, 2.45) is 4.99 Å². The molecule has 2 rings (SSSR count). The number of unbranched alkanes of at least 4 members (excludes halogenated alkanes) is 1. The van der Waals surface area contributed by atoms with Crippen molar-refractivity contribution >= 4 is 11.6 Å². The second-order valence-electron chi connectivity index (χ2n) is 6.81. The molecule has 26 heavy (non-hydrogen) atoms. The number of anilines is 1. The summed E-state index contributed by atoms with van der Waals surface area (Å²) in [6, 6.07) is 8.83. The van der Waals surface area contributed by atoms with Crippen LogP contribution in [0.5, 0.6) is 0 Å². The summed E-state index contributed by atoms with van der Waals surface area (Å²) in [5.74, 6) is 0.888. The highest BCUT2D eigenvalue weighted by molar-refractivity contribution is 5.79. The fourth-order valence-electron chi connectivity index (χ4n) is 3.20. The maximum atomic E-state index is 4.61. The quantitative estimate of drug-likeness (QED) is 0.309. The minimum absolute atomic E-state index is 0.747. The lowest BCUT2D eigenvalue weighted by atomic mass is 10.2. The molecule has 0 spiro atoms. The third kappa shape index (κ3) is 7.08. The predicted molar refractivity (Wildman–Crippen MR) is 113 cm³/mol. The molecular weight excluding hydrogens is 322 g/mol. The average Bonchev–Trinajstić information content (AvgIpc) is 2.66. The van der Waals surface area contributed by atoms with E-state index in [1.54, 1.807) is 0 Å². The summed E-state index contributed by atoms with van der Waals surface area (Å²) in [7, 11) is 0. The number of aliphatic imine (C=N–C) groups is 1. The highest BCUT2D eigenvalue weighted by Gasteiger charge is 2.16. The van der Waals surface area contributed by atoms with E-state index in [0.29, 0.717) is 0 Å². The molecule has 0 saturated carbocycles. The average molecular weight is 358 g/mol. The van der Waals surface area contributed by atoms with Crippen LogP contribution in [-0.2, 0) is 0 Å². The lowest BCUT2D eigenvalue weighted by molar-refractivity contribution is 0.253. The van der Waals surface area contributed by atoms with Crippen LogP contribution in [0.4, 0.5) is 5.69 Å². The molecule has 1 aromatic carbocycles. The summed E-state index contributed by atoms with van der Waals surface area (Å²) in [6.07, 6.45) is 4.18. The molecule has 1 heterocycles. The molecule has 144 valence electrons. The van der Waals surface area contributed by atoms with E-state index >= 15 is 0 Å². The number of piperazine rings is 1. The van der Waals surface area contributed by atoms with E-state index in [1.165, 1.54) is 24.2 Å². The minimum atomic E-state index is 0.747. The number of benzene rings is 1. The van der Waals surface area contributed by atoms with E-state index in [0.717, 1.165) is 58.2 Å². The van der Waals surface area contributed by atoms with Crippen LogP contribution in [0.25, 0.3) is 0 Å². The molecule has 0 amide bonds. The van der Waals surface area contributed by atoms with Crippen molar-refractivity contribution in [2.75, 3.05) is 57.3 Å². The largest absolute Gasteiger partial charge is 0.369 e. The van der Waals surface area contributed by atoms with Crippen molar-refractivity contribution in [1.82, 2.24) is 15.5 Å². The number of guanidine groups is 1. The van der Waals surface area contributed by atoms with Gasteiger partial charge >= 0.3 is 0 Å². The van der Waals surface area contributed by atoms with E-state index in [4.69, 9.17) is 0 Å². The van der Waals surface area contributed by atoms with Crippen LogP contribution in [0.3, 0.4) is 0 Å². The molecule has 1 saturated heterocycles. The zero-order valence-electron chi connectivity index (χ0n) is 16.5. The Morgan fingerprint density at radius 3 is 2.69 bits per heavy atom. The third-order valence-corrected chi connectivity index (χ3v) is 4.65. The van der Waals surface area contributed by atoms with Gasteiger partial charge in [0.25, 0.3) is 0 Å². The van der Waals surface area contributed by atoms with Crippen molar-refractivity contribution in [3.63, 3.8) is 0 Å². The Balaban J connectivity index is 1.63. The zero-order valence-corrected chi connectivity index (χ0v) is 16.5. The van der Waals surface area contributed by atoms with Crippen LogP contribution in [-0.4, -0.2) is 63.2 Å². The summed E-state index contributed by atoms with van der Waals surface area (Å²) < 4.78 is 0. The van der Waals surface area contributed by atoms with Gasteiger partial charge in [0, 0.05) is 51.5 Å². The Labute approximate surface area is 159 Å². The van der Waals surface area contributed by atoms with E-state index in [-0.39, 0.29) is 0 Å². The van der Waals surface area contributed by atoms with Crippen LogP contribution in [0.2, 0.25) is 0 Å². The number of rotatable bonds is 9. The van der Waals surface area contributed by atoms with Gasteiger partial charge in [-0.15, -0.1) is 6.58 Å². The Hall–Kier alpha value is -2.01. The lowest BCUT2D eigenvalue weighted by Crippen LogP contribution is -2.46. The molecule has 1 aliphatic heterocycles. The minimum Gasteiger partial charge on any atom is -0.369 e. The second-order valence-corrected chi connectivity index (χ2v) is 6.81. The molecule has 0 radical (unpaired) electrons. The van der Waals surface area contributed by atoms with Crippen molar-refractivity contribution in [2.45, 2.75) is 26.7 Å². The fraction of sp³-hybridized carbons (Fsp3) is 0.571. The summed E-state index contributed by atoms with van der Waals surface area (Å²) in [5.41, 5.74) is 2.70. The van der Waals surface area contributed by atoms with E-state index < -0.39 is 0 Å². The standard InChI is InChI=1S/C21H35N5/c1-4-11-23-21(22-5-2)24-12-6-7-13-25-14-16-26(17-15-25)20-10-8-9-19(3)18-20/h4,8-10,18H,1,5-7,11-17H2,2-3H3,(H2,22,23,24). The number of hydrogen-bond donors (Lipinski definition) is 2. The molecule has 2 N–H and O–H groups in total. The molecule has 0 aromatic heterocycles. The highest BCUT2D eigenvalue weighted by atomic mass is 15.3. The zero-order chi connectivity index (χ0) is 18.6. The number of nitrogens with one attached hydrogen (secondary N) is 2. The first-order chi connectivity index (χ1) is 12.7. The van der Waals surface area contributed by atoms with Gasteiger partial charge in [-0.2, -0.15) is 0 Å². The van der Waals surface area contributed by atoms with Gasteiger partial charge in [-0.3, -0.25) is 9.89 Å². The maximum absolute atomic E-state index is 4.61. The molecule has 1 aliphatic rings. The van der Waals surface area contributed by atoms with Crippen molar-refractivity contribution in [1.29, 1.82) is 0 Å². The molecule has 0 unspecified atom stereocenters. The van der Waals surface area contributed by atoms with Gasteiger partial charge in [-0.25, -0.2) is 0 Å². The smallest absolute Gasteiger partial charge is 0.191 e. The summed E-state index contributed by atoms with van der Waals surface area (Å²) in [5, 5.41) is 6.50. The van der Waals surface area contributed by atoms with Crippen LogP contribution in [0.1, 0.15) is 25.3 Å². The van der Waals surface area contributed by atoms with Crippen LogP contribution in [0.15, 0.2) is 41.9 Å². The SMILES string of the molecule is C=CCNC(=NCCCCN1CCN(c2cccc(C)c2)CC1)NCC. The topological polar surface area (TPSA) is 42.9 Å². The van der Waals surface area contributed by atoms with Crippen LogP contribution >= 0.6 is 0 Å². The summed E-state index contributed by atoms with van der Waals surface area (Å²) >= 11 is 0. The molecule has 0 atom stereocenters. The van der Waals surface area contributed by atoms with Crippen LogP contribution < -0.4 is 15.5 Å². The van der Waals surface area contributed by atoms with Crippen LogP contribution in [0, 0.1) is 6.92 Å². The Morgan fingerprint density at radius 2 is 2.00 bits per heavy atom. The Bertz CT molecular complexity index is 561. The van der Waals surface area contributed by atoms with Crippen molar-refractivity contribution in [3.05, 3.63) is 42.5 Å². The first kappa shape index (κ1) is 20.3. The number of nitrogens with zero attached hydrogens (tertiary/aromatic N) is 3. The summed E-state index contributed by atoms with van der Waals surface area (Å²) in [6.45, 7) is 16.2. The first-order valence-electron chi connectivity index (χ1n) is 9.90. The number of hydrogen-bond acceptors (Lipinski definition) is 3. The molecule has 0 aliphatic carbocycles. The van der Waals surface area contributed by atoms with Crippen molar-refractivity contribution < 1.29 is 0 Å². The Morgan fingerprint density at radius 1 is 1.19 bits per heavy atom. The maximum Gasteiger partial charge on any atom is 0.191 e. The lowest BCUT2D eigenvalue weighted by Gasteiger charge is -2.36. The van der Waals surface area contributed by atoms with Gasteiger partial charge in [0.15, 0.2) is 5.96 Å². The fourth-order valence-corrected chi connectivity index (χ4v) is 3.20. The molecule has 1 aromatic rings. The van der Waals surface area contributed by atoms with Gasteiger partial charge in [0.05, 0.1) is 0 Å². The monoisotopic (exact) mass is 357 g/mol. The highest BCUT2D eigenvalue weighted by Crippen LogP contribution is 2.17. The second kappa shape index (κ2) is 11.6. The van der Waals surface area contributed by atoms with Gasteiger partial charge in [-0.1, -0.05) is 18.2 Å². The van der Waals surface area contributed by atoms with E-state index in [1.807, 2.05) is 6.08 Å². The first-order valence-corrected chi connectivity index (χ1v) is 9.90. The third-order valence-electron chi connectivity index (χ3n) is 4.65. The van der Waals surface area contributed by atoms with Gasteiger partial charge < -0.3 is 15.5 Å². The number of aryl methyl sites for hydroxylation is 1. The molecule has 0 bridgehead atoms. The van der Waals surface area contributed by atoms with Gasteiger partial charge in [0.2, 0.25) is 0 Å². The Kier molecular flexibility index (Phi) is 9.04. The predicted octanol–water partition coefficient (Wildman–Crippen LogP) is 2.64. The van der Waals surface area contributed by atoms with Gasteiger partial charge in [-0.05, 0) is 50.9 Å². The molecule has 5 nitrogen and oxygen atoms in total. The van der Waals surface area contributed by atoms with E-state index in [9.17, 15) is 0 Å². The normalized spacial score (nSPS) is 15.8. The molecule has 1 fully saturated rings. The summed E-state index contributed by atoms with van der Waals surface area (Å²) in [4.78, 5) is 9.70. The van der Waals surface area contributed by atoms with Crippen molar-refractivity contribution in [3.8, 4) is 0 Å². The molecular formula is C21H35N5. The van der Waals surface area contributed by atoms with E-state index in [2.05, 4.69) is 70.1 Å².